The van der Waals surface area contributed by atoms with Gasteiger partial charge in [-0.2, -0.15) is 0 Å². The van der Waals surface area contributed by atoms with Gasteiger partial charge in [-0.3, -0.25) is 4.98 Å². The van der Waals surface area contributed by atoms with Gasteiger partial charge in [-0.05, 0) is 24.3 Å². The van der Waals surface area contributed by atoms with Crippen LogP contribution in [0, 0.1) is 5.82 Å². The molecule has 112 valence electrons. The number of rotatable bonds is 5. The normalized spacial score (nSPS) is 11.3. The zero-order valence-corrected chi connectivity index (χ0v) is 12.0. The van der Waals surface area contributed by atoms with Crippen molar-refractivity contribution in [3.63, 3.8) is 0 Å². The number of nitrogens with zero attached hydrogens (tertiary/aromatic N) is 1. The number of methoxy groups -OCH3 is 1. The maximum atomic E-state index is 13.0. The van der Waals surface area contributed by atoms with Crippen LogP contribution < -0.4 is 15.2 Å². The van der Waals surface area contributed by atoms with E-state index in [1.807, 2.05) is 0 Å². The highest BCUT2D eigenvalue weighted by atomic mass is 32.2. The standard InChI is InChI=1S/C13H14FN3O3S/c1-20-13-3-2-11(15)4-9(13)6-17-21(18,19)12-5-10(14)7-16-8-12/h2-5,7-8,17H,6,15H2,1H3. The molecule has 0 aliphatic rings. The molecule has 0 fully saturated rings. The molecule has 21 heavy (non-hydrogen) atoms. The summed E-state index contributed by atoms with van der Waals surface area (Å²) in [6.45, 7) is -0.0347. The van der Waals surface area contributed by atoms with Crippen LogP contribution in [0.15, 0.2) is 41.6 Å². The van der Waals surface area contributed by atoms with E-state index in [1.165, 1.54) is 7.11 Å². The van der Waals surface area contributed by atoms with Gasteiger partial charge in [0.25, 0.3) is 0 Å². The summed E-state index contributed by atoms with van der Waals surface area (Å²) in [5.41, 5.74) is 6.72. The molecule has 6 nitrogen and oxygen atoms in total. The first kappa shape index (κ1) is 15.2. The Bertz CT molecular complexity index is 750. The van der Waals surface area contributed by atoms with Crippen LogP contribution in [-0.2, 0) is 16.6 Å². The molecule has 1 aromatic heterocycles. The molecule has 0 spiro atoms. The Morgan fingerprint density at radius 2 is 2.10 bits per heavy atom. The number of hydrogen-bond acceptors (Lipinski definition) is 5. The van der Waals surface area contributed by atoms with Crippen molar-refractivity contribution in [2.75, 3.05) is 12.8 Å². The zero-order valence-electron chi connectivity index (χ0n) is 11.2. The Hall–Kier alpha value is -2.19. The van der Waals surface area contributed by atoms with Crippen molar-refractivity contribution < 1.29 is 17.5 Å². The first-order chi connectivity index (χ1) is 9.92. The van der Waals surface area contributed by atoms with Gasteiger partial charge in [0.05, 0.1) is 13.3 Å². The van der Waals surface area contributed by atoms with Gasteiger partial charge >= 0.3 is 0 Å². The third kappa shape index (κ3) is 3.67. The number of halogens is 1. The van der Waals surface area contributed by atoms with Crippen LogP contribution in [0.3, 0.4) is 0 Å². The SMILES string of the molecule is COc1ccc(N)cc1CNS(=O)(=O)c1cncc(F)c1. The van der Waals surface area contributed by atoms with Crippen LogP contribution in [0.5, 0.6) is 5.75 Å². The predicted molar refractivity (Wildman–Crippen MR) is 75.6 cm³/mol. The summed E-state index contributed by atoms with van der Waals surface area (Å²) in [5, 5.41) is 0. The third-order valence-corrected chi connectivity index (χ3v) is 4.12. The quantitative estimate of drug-likeness (QED) is 0.811. The van der Waals surface area contributed by atoms with E-state index >= 15 is 0 Å². The fourth-order valence-electron chi connectivity index (χ4n) is 1.73. The molecular formula is C13H14FN3O3S. The third-order valence-electron chi connectivity index (χ3n) is 2.75. The number of nitrogen functional groups attached to an aromatic ring is 1. The minimum absolute atomic E-state index is 0.0347. The van der Waals surface area contributed by atoms with E-state index in [9.17, 15) is 12.8 Å². The maximum absolute atomic E-state index is 13.0. The summed E-state index contributed by atoms with van der Waals surface area (Å²) >= 11 is 0. The molecule has 0 aliphatic heterocycles. The van der Waals surface area contributed by atoms with Gasteiger partial charge in [0, 0.05) is 24.0 Å². The number of ether oxygens (including phenoxy) is 1. The molecule has 0 unspecified atom stereocenters. The highest BCUT2D eigenvalue weighted by Gasteiger charge is 2.16. The van der Waals surface area contributed by atoms with Gasteiger partial charge in [-0.1, -0.05) is 0 Å². The summed E-state index contributed by atoms with van der Waals surface area (Å²) < 4.78 is 44.6. The van der Waals surface area contributed by atoms with E-state index in [4.69, 9.17) is 10.5 Å². The van der Waals surface area contributed by atoms with Gasteiger partial charge in [0.2, 0.25) is 10.0 Å². The van der Waals surface area contributed by atoms with E-state index < -0.39 is 15.8 Å². The van der Waals surface area contributed by atoms with Crippen LogP contribution in [0.25, 0.3) is 0 Å². The molecule has 0 amide bonds. The predicted octanol–water partition coefficient (Wildman–Crippen LogP) is 1.29. The Balaban J connectivity index is 2.21. The molecule has 0 bridgehead atoms. The molecule has 8 heteroatoms. The largest absolute Gasteiger partial charge is 0.496 e. The van der Waals surface area contributed by atoms with E-state index in [-0.39, 0.29) is 11.4 Å². The second-order valence-electron chi connectivity index (χ2n) is 4.23. The molecule has 0 atom stereocenters. The lowest BCUT2D eigenvalue weighted by molar-refractivity contribution is 0.409. The van der Waals surface area contributed by atoms with E-state index in [0.717, 1.165) is 18.5 Å². The fraction of sp³-hybridized carbons (Fsp3) is 0.154. The highest BCUT2D eigenvalue weighted by molar-refractivity contribution is 7.89. The van der Waals surface area contributed by atoms with Crippen molar-refractivity contribution >= 4 is 15.7 Å². The minimum atomic E-state index is -3.87. The number of benzene rings is 1. The second kappa shape index (κ2) is 6.06. The number of hydrogen-bond donors (Lipinski definition) is 2. The molecule has 0 aliphatic carbocycles. The molecule has 3 N–H and O–H groups in total. The number of sulfonamides is 1. The molecule has 2 rings (SSSR count). The molecule has 0 radical (unpaired) electrons. The second-order valence-corrected chi connectivity index (χ2v) is 6.00. The Morgan fingerprint density at radius 3 is 2.76 bits per heavy atom. The smallest absolute Gasteiger partial charge is 0.242 e. The number of nitrogens with two attached hydrogens (primary N) is 1. The summed E-state index contributed by atoms with van der Waals surface area (Å²) in [4.78, 5) is 3.27. The zero-order chi connectivity index (χ0) is 15.5. The summed E-state index contributed by atoms with van der Waals surface area (Å²) in [7, 11) is -2.40. The van der Waals surface area contributed by atoms with Crippen LogP contribution in [0.4, 0.5) is 10.1 Å². The summed E-state index contributed by atoms with van der Waals surface area (Å²) in [5.74, 6) is -0.219. The summed E-state index contributed by atoms with van der Waals surface area (Å²) in [6.07, 6.45) is 2.00. The van der Waals surface area contributed by atoms with Gasteiger partial charge in [0.15, 0.2) is 0 Å². The molecule has 1 heterocycles. The van der Waals surface area contributed by atoms with Crippen LogP contribution in [0.1, 0.15) is 5.56 Å². The number of nitrogens with one attached hydrogen (secondary N) is 1. The van der Waals surface area contributed by atoms with Crippen LogP contribution in [0.2, 0.25) is 0 Å². The monoisotopic (exact) mass is 311 g/mol. The van der Waals surface area contributed by atoms with Crippen molar-refractivity contribution in [1.29, 1.82) is 0 Å². The number of aromatic nitrogens is 1. The molecule has 1 aromatic carbocycles. The average molecular weight is 311 g/mol. The fourth-order valence-corrected chi connectivity index (χ4v) is 2.71. The van der Waals surface area contributed by atoms with E-state index in [2.05, 4.69) is 9.71 Å². The van der Waals surface area contributed by atoms with Gasteiger partial charge < -0.3 is 10.5 Å². The lowest BCUT2D eigenvalue weighted by Crippen LogP contribution is -2.23. The van der Waals surface area contributed by atoms with Gasteiger partial charge in [-0.15, -0.1) is 0 Å². The van der Waals surface area contributed by atoms with Crippen LogP contribution >= 0.6 is 0 Å². The molecule has 2 aromatic rings. The Labute approximate surface area is 121 Å². The summed E-state index contributed by atoms with van der Waals surface area (Å²) in [6, 6.07) is 5.78. The molecule has 0 saturated carbocycles. The van der Waals surface area contributed by atoms with Crippen molar-refractivity contribution in [3.05, 3.63) is 48.0 Å². The van der Waals surface area contributed by atoms with Crippen molar-refractivity contribution in [1.82, 2.24) is 9.71 Å². The number of anilines is 1. The van der Waals surface area contributed by atoms with Crippen molar-refractivity contribution in [2.45, 2.75) is 11.4 Å². The van der Waals surface area contributed by atoms with Crippen molar-refractivity contribution in [2.24, 2.45) is 0 Å². The Kier molecular flexibility index (Phi) is 4.39. The molecular weight excluding hydrogens is 297 g/mol. The first-order valence-corrected chi connectivity index (χ1v) is 7.43. The van der Waals surface area contributed by atoms with Gasteiger partial charge in [0.1, 0.15) is 16.5 Å². The number of pyridine rings is 1. The molecule has 0 saturated heterocycles. The lowest BCUT2D eigenvalue weighted by Gasteiger charge is -2.11. The van der Waals surface area contributed by atoms with E-state index in [0.29, 0.717) is 17.0 Å². The Morgan fingerprint density at radius 1 is 1.33 bits per heavy atom. The van der Waals surface area contributed by atoms with Gasteiger partial charge in [-0.25, -0.2) is 17.5 Å². The topological polar surface area (TPSA) is 94.3 Å². The maximum Gasteiger partial charge on any atom is 0.242 e. The van der Waals surface area contributed by atoms with E-state index in [1.54, 1.807) is 18.2 Å². The van der Waals surface area contributed by atoms with Crippen molar-refractivity contribution in [3.8, 4) is 5.75 Å². The lowest BCUT2D eigenvalue weighted by atomic mass is 10.2. The first-order valence-electron chi connectivity index (χ1n) is 5.95. The average Bonchev–Trinajstić information content (AvgIpc) is 2.45. The highest BCUT2D eigenvalue weighted by Crippen LogP contribution is 2.21. The minimum Gasteiger partial charge on any atom is -0.496 e. The van der Waals surface area contributed by atoms with Crippen LogP contribution in [-0.4, -0.2) is 20.5 Å².